The van der Waals surface area contributed by atoms with Crippen LogP contribution in [-0.2, 0) is 16.4 Å². The maximum absolute atomic E-state index is 12.3. The van der Waals surface area contributed by atoms with Crippen LogP contribution in [0.25, 0.3) is 0 Å². The van der Waals surface area contributed by atoms with E-state index in [9.17, 15) is 8.42 Å². The second-order valence-corrected chi connectivity index (χ2v) is 8.74. The van der Waals surface area contributed by atoms with Gasteiger partial charge in [-0.05, 0) is 43.8 Å². The summed E-state index contributed by atoms with van der Waals surface area (Å²) in [5.74, 6) is 0.604. The van der Waals surface area contributed by atoms with E-state index >= 15 is 0 Å². The van der Waals surface area contributed by atoms with Gasteiger partial charge in [0.15, 0.2) is 0 Å². The Morgan fingerprint density at radius 3 is 2.35 bits per heavy atom. The predicted molar refractivity (Wildman–Crippen MR) is 96.0 cm³/mol. The number of hydrogen-bond donors (Lipinski definition) is 1. The van der Waals surface area contributed by atoms with Gasteiger partial charge in [0.05, 0.1) is 5.75 Å². The van der Waals surface area contributed by atoms with Crippen molar-refractivity contribution in [2.75, 3.05) is 25.4 Å². The van der Waals surface area contributed by atoms with Gasteiger partial charge in [-0.3, -0.25) is 4.90 Å². The van der Waals surface area contributed by atoms with Gasteiger partial charge in [0, 0.05) is 12.6 Å². The Hall–Kier alpha value is -0.910. The fourth-order valence-electron chi connectivity index (χ4n) is 3.22. The number of likely N-dealkylation sites (tertiary alicyclic amines) is 1. The number of benzene rings is 1. The Morgan fingerprint density at radius 1 is 1.09 bits per heavy atom. The van der Waals surface area contributed by atoms with Gasteiger partial charge in [-0.2, -0.15) is 0 Å². The van der Waals surface area contributed by atoms with E-state index in [4.69, 9.17) is 0 Å². The second kappa shape index (κ2) is 8.81. The average molecular weight is 339 g/mol. The molecule has 1 aromatic carbocycles. The maximum atomic E-state index is 12.3. The quantitative estimate of drug-likeness (QED) is 0.793. The molecule has 0 spiro atoms. The molecule has 0 radical (unpaired) electrons. The van der Waals surface area contributed by atoms with Crippen LogP contribution in [0.3, 0.4) is 0 Å². The van der Waals surface area contributed by atoms with Gasteiger partial charge in [-0.25, -0.2) is 13.1 Å². The fourth-order valence-corrected chi connectivity index (χ4v) is 4.29. The summed E-state index contributed by atoms with van der Waals surface area (Å²) in [7, 11) is -3.22. The zero-order chi connectivity index (χ0) is 16.7. The van der Waals surface area contributed by atoms with Crippen molar-refractivity contribution in [1.82, 2.24) is 9.62 Å². The van der Waals surface area contributed by atoms with Gasteiger partial charge >= 0.3 is 0 Å². The van der Waals surface area contributed by atoms with Crippen molar-refractivity contribution >= 4 is 10.0 Å². The minimum absolute atomic E-state index is 0.155. The standard InChI is InChI=1S/C18H30N2O2S/c1-16(2)18(20-12-7-4-8-13-20)15-19-23(21,22)14-11-17-9-5-3-6-10-17/h3,5-6,9-10,16,18-19H,4,7-8,11-15H2,1-2H3. The number of hydrogen-bond acceptors (Lipinski definition) is 3. The molecule has 0 aromatic heterocycles. The number of aryl methyl sites for hydroxylation is 1. The first-order valence-electron chi connectivity index (χ1n) is 8.73. The molecule has 4 nitrogen and oxygen atoms in total. The summed E-state index contributed by atoms with van der Waals surface area (Å²) in [4.78, 5) is 2.45. The summed E-state index contributed by atoms with van der Waals surface area (Å²) in [5.41, 5.74) is 1.06. The maximum Gasteiger partial charge on any atom is 0.211 e. The minimum atomic E-state index is -3.22. The highest BCUT2D eigenvalue weighted by atomic mass is 32.2. The molecule has 1 aliphatic heterocycles. The zero-order valence-corrected chi connectivity index (χ0v) is 15.2. The summed E-state index contributed by atoms with van der Waals surface area (Å²) in [6, 6.07) is 10.1. The largest absolute Gasteiger partial charge is 0.299 e. The molecule has 1 fully saturated rings. The summed E-state index contributed by atoms with van der Waals surface area (Å²) in [6.07, 6.45) is 4.31. The van der Waals surface area contributed by atoms with E-state index < -0.39 is 10.0 Å². The van der Waals surface area contributed by atoms with Crippen molar-refractivity contribution in [3.8, 4) is 0 Å². The van der Waals surface area contributed by atoms with Crippen molar-refractivity contribution in [1.29, 1.82) is 0 Å². The molecule has 1 N–H and O–H groups in total. The van der Waals surface area contributed by atoms with Crippen LogP contribution in [0.15, 0.2) is 30.3 Å². The van der Waals surface area contributed by atoms with Crippen molar-refractivity contribution in [2.24, 2.45) is 5.92 Å². The zero-order valence-electron chi connectivity index (χ0n) is 14.4. The highest BCUT2D eigenvalue weighted by Crippen LogP contribution is 2.17. The number of rotatable bonds is 8. The van der Waals surface area contributed by atoms with Gasteiger partial charge in [-0.1, -0.05) is 50.6 Å². The van der Waals surface area contributed by atoms with Crippen LogP contribution in [0, 0.1) is 5.92 Å². The van der Waals surface area contributed by atoms with Gasteiger partial charge in [0.2, 0.25) is 10.0 Å². The van der Waals surface area contributed by atoms with E-state index in [1.165, 1.54) is 19.3 Å². The molecule has 0 aliphatic carbocycles. The summed E-state index contributed by atoms with van der Waals surface area (Å²) in [5, 5.41) is 0. The first-order valence-corrected chi connectivity index (χ1v) is 10.4. The molecule has 0 amide bonds. The van der Waals surface area contributed by atoms with Crippen LogP contribution in [-0.4, -0.2) is 44.7 Å². The first kappa shape index (κ1) is 18.4. The smallest absolute Gasteiger partial charge is 0.211 e. The van der Waals surface area contributed by atoms with Crippen LogP contribution in [0.1, 0.15) is 38.7 Å². The lowest BCUT2D eigenvalue weighted by Gasteiger charge is -2.37. The third kappa shape index (κ3) is 6.24. The average Bonchev–Trinajstić information content (AvgIpc) is 2.55. The van der Waals surface area contributed by atoms with Crippen LogP contribution in [0.2, 0.25) is 0 Å². The van der Waals surface area contributed by atoms with E-state index in [1.807, 2.05) is 30.3 Å². The molecular weight excluding hydrogens is 308 g/mol. The van der Waals surface area contributed by atoms with Crippen molar-refractivity contribution in [3.05, 3.63) is 35.9 Å². The van der Waals surface area contributed by atoms with Gasteiger partial charge in [0.1, 0.15) is 0 Å². The molecule has 1 atom stereocenters. The molecule has 2 rings (SSSR count). The molecule has 130 valence electrons. The summed E-state index contributed by atoms with van der Waals surface area (Å²) < 4.78 is 27.4. The molecule has 5 heteroatoms. The van der Waals surface area contributed by atoms with Crippen LogP contribution in [0.5, 0.6) is 0 Å². The highest BCUT2D eigenvalue weighted by Gasteiger charge is 2.24. The second-order valence-electron chi connectivity index (χ2n) is 6.81. The van der Waals surface area contributed by atoms with Crippen LogP contribution >= 0.6 is 0 Å². The number of sulfonamides is 1. The molecule has 1 unspecified atom stereocenters. The summed E-state index contributed by atoms with van der Waals surface area (Å²) >= 11 is 0. The molecule has 23 heavy (non-hydrogen) atoms. The lowest BCUT2D eigenvalue weighted by molar-refractivity contribution is 0.130. The molecule has 1 aliphatic rings. The van der Waals surface area contributed by atoms with Crippen LogP contribution in [0.4, 0.5) is 0 Å². The Labute approximate surface area is 141 Å². The van der Waals surface area contributed by atoms with E-state index in [0.717, 1.165) is 18.7 Å². The van der Waals surface area contributed by atoms with Gasteiger partial charge in [-0.15, -0.1) is 0 Å². The number of piperidine rings is 1. The van der Waals surface area contributed by atoms with E-state index in [-0.39, 0.29) is 5.75 Å². The van der Waals surface area contributed by atoms with Gasteiger partial charge < -0.3 is 0 Å². The molecular formula is C18H30N2O2S. The molecule has 0 saturated carbocycles. The van der Waals surface area contributed by atoms with Crippen molar-refractivity contribution in [2.45, 2.75) is 45.6 Å². The molecule has 0 bridgehead atoms. The van der Waals surface area contributed by atoms with E-state index in [0.29, 0.717) is 24.9 Å². The monoisotopic (exact) mass is 338 g/mol. The highest BCUT2D eigenvalue weighted by molar-refractivity contribution is 7.89. The molecule has 1 heterocycles. The van der Waals surface area contributed by atoms with E-state index in [2.05, 4.69) is 23.5 Å². The Morgan fingerprint density at radius 2 is 1.74 bits per heavy atom. The minimum Gasteiger partial charge on any atom is -0.299 e. The van der Waals surface area contributed by atoms with Crippen molar-refractivity contribution < 1.29 is 8.42 Å². The predicted octanol–water partition coefficient (Wildman–Crippen LogP) is 2.66. The number of nitrogens with one attached hydrogen (secondary N) is 1. The molecule has 1 saturated heterocycles. The summed E-state index contributed by atoms with van der Waals surface area (Å²) in [6.45, 7) is 7.06. The molecule has 1 aromatic rings. The van der Waals surface area contributed by atoms with E-state index in [1.54, 1.807) is 0 Å². The normalized spacial score (nSPS) is 18.2. The Kier molecular flexibility index (Phi) is 7.06. The topological polar surface area (TPSA) is 49.4 Å². The van der Waals surface area contributed by atoms with Crippen molar-refractivity contribution in [3.63, 3.8) is 0 Å². The SMILES string of the molecule is CC(C)C(CNS(=O)(=O)CCc1ccccc1)N1CCCCC1. The lowest BCUT2D eigenvalue weighted by atomic mass is 9.99. The third-order valence-electron chi connectivity index (χ3n) is 4.64. The first-order chi connectivity index (χ1) is 11.0. The lowest BCUT2D eigenvalue weighted by Crippen LogP contribution is -2.49. The fraction of sp³-hybridized carbons (Fsp3) is 0.667. The number of nitrogens with zero attached hydrogens (tertiary/aromatic N) is 1. The Bertz CT molecular complexity index is 552. The van der Waals surface area contributed by atoms with Gasteiger partial charge in [0.25, 0.3) is 0 Å². The van der Waals surface area contributed by atoms with Crippen LogP contribution < -0.4 is 4.72 Å². The third-order valence-corrected chi connectivity index (χ3v) is 5.99. The Balaban J connectivity index is 1.85.